The second-order valence-electron chi connectivity index (χ2n) is 8.84. The lowest BCUT2D eigenvalue weighted by molar-refractivity contribution is 0.113. The van der Waals surface area contributed by atoms with Crippen LogP contribution in [0.2, 0.25) is 0 Å². The Morgan fingerprint density at radius 2 is 1.76 bits per heavy atom. The van der Waals surface area contributed by atoms with Crippen LogP contribution >= 0.6 is 0 Å². The molecule has 0 amide bonds. The Morgan fingerprint density at radius 3 is 2.44 bits per heavy atom. The first-order chi connectivity index (χ1) is 12.2. The summed E-state index contributed by atoms with van der Waals surface area (Å²) in [5.74, 6) is 1.89. The van der Waals surface area contributed by atoms with Gasteiger partial charge in [0.2, 0.25) is 0 Å². The summed E-state index contributed by atoms with van der Waals surface area (Å²) in [4.78, 5) is 2.74. The van der Waals surface area contributed by atoms with Crippen molar-refractivity contribution in [3.05, 3.63) is 29.8 Å². The fourth-order valence-electron chi connectivity index (χ4n) is 5.82. The third kappa shape index (κ3) is 4.03. The highest BCUT2D eigenvalue weighted by molar-refractivity contribution is 5.30. The van der Waals surface area contributed by atoms with E-state index < -0.39 is 0 Å². The van der Waals surface area contributed by atoms with E-state index in [1.807, 2.05) is 12.1 Å². The Morgan fingerprint density at radius 1 is 1.04 bits per heavy atom. The summed E-state index contributed by atoms with van der Waals surface area (Å²) in [7, 11) is 0. The zero-order valence-corrected chi connectivity index (χ0v) is 15.4. The number of phenols is 1. The molecule has 0 spiro atoms. The van der Waals surface area contributed by atoms with Gasteiger partial charge >= 0.3 is 0 Å². The first-order valence-corrected chi connectivity index (χ1v) is 10.5. The summed E-state index contributed by atoms with van der Waals surface area (Å²) >= 11 is 0. The average molecular weight is 343 g/mol. The highest BCUT2D eigenvalue weighted by atomic mass is 16.3. The van der Waals surface area contributed by atoms with Crippen molar-refractivity contribution in [3.63, 3.8) is 0 Å². The van der Waals surface area contributed by atoms with E-state index in [4.69, 9.17) is 5.73 Å². The summed E-state index contributed by atoms with van der Waals surface area (Å²) in [5.41, 5.74) is 7.90. The summed E-state index contributed by atoms with van der Waals surface area (Å²) < 4.78 is 0. The molecular formula is C22H34N2O. The number of nitrogens with two attached hydrogens (primary N) is 1. The molecular weight excluding hydrogens is 308 g/mol. The fourth-order valence-corrected chi connectivity index (χ4v) is 5.82. The number of benzene rings is 1. The molecule has 2 heterocycles. The summed E-state index contributed by atoms with van der Waals surface area (Å²) in [6, 6.07) is 9.66. The number of nitrogens with zero attached hydrogens (tertiary/aromatic N) is 1. The van der Waals surface area contributed by atoms with Crippen LogP contribution in [-0.4, -0.2) is 34.7 Å². The maximum absolute atomic E-state index is 9.79. The van der Waals surface area contributed by atoms with E-state index in [1.54, 1.807) is 6.07 Å². The zero-order valence-electron chi connectivity index (χ0n) is 15.4. The lowest BCUT2D eigenvalue weighted by atomic mass is 9.83. The van der Waals surface area contributed by atoms with Crippen molar-refractivity contribution in [2.45, 2.75) is 88.3 Å². The Balaban J connectivity index is 1.34. The van der Waals surface area contributed by atoms with Crippen LogP contribution in [0.15, 0.2) is 24.3 Å². The molecule has 2 aliphatic heterocycles. The van der Waals surface area contributed by atoms with Crippen molar-refractivity contribution in [2.75, 3.05) is 6.54 Å². The van der Waals surface area contributed by atoms with Gasteiger partial charge in [0.1, 0.15) is 5.75 Å². The van der Waals surface area contributed by atoms with Crippen molar-refractivity contribution in [1.82, 2.24) is 4.90 Å². The molecule has 3 N–H and O–H groups in total. The van der Waals surface area contributed by atoms with Crippen molar-refractivity contribution < 1.29 is 5.11 Å². The number of hydrogen-bond acceptors (Lipinski definition) is 3. The lowest BCUT2D eigenvalue weighted by Crippen LogP contribution is -2.48. The second-order valence-corrected chi connectivity index (χ2v) is 8.84. The van der Waals surface area contributed by atoms with E-state index in [9.17, 15) is 5.11 Å². The Labute approximate surface area is 152 Å². The number of piperidine rings is 1. The van der Waals surface area contributed by atoms with Crippen molar-refractivity contribution in [3.8, 4) is 5.75 Å². The normalized spacial score (nSPS) is 32.0. The van der Waals surface area contributed by atoms with Gasteiger partial charge in [-0.05, 0) is 61.6 Å². The molecule has 0 radical (unpaired) electrons. The molecule has 4 atom stereocenters. The standard InChI is InChI=1S/C22H34N2O/c23-19(11-16-5-2-1-3-6-16)15-24-20-9-10-21(24)13-18(12-20)17-7-4-8-22(25)14-17/h4,7-8,14,16,18-21,25H,1-3,5-6,9-13,15,23H2/t18-,19?,20+,21-. The Bertz CT molecular complexity index is 555. The van der Waals surface area contributed by atoms with Crippen LogP contribution in [0.5, 0.6) is 5.75 Å². The van der Waals surface area contributed by atoms with Gasteiger partial charge < -0.3 is 10.8 Å². The molecule has 3 aliphatic rings. The van der Waals surface area contributed by atoms with Crippen LogP contribution in [0.4, 0.5) is 0 Å². The predicted molar refractivity (Wildman–Crippen MR) is 103 cm³/mol. The molecule has 1 saturated carbocycles. The minimum atomic E-state index is 0.350. The topological polar surface area (TPSA) is 49.5 Å². The highest BCUT2D eigenvalue weighted by Gasteiger charge is 2.41. The molecule has 2 saturated heterocycles. The van der Waals surface area contributed by atoms with E-state index in [-0.39, 0.29) is 0 Å². The Kier molecular flexibility index (Phi) is 5.33. The van der Waals surface area contributed by atoms with E-state index >= 15 is 0 Å². The first kappa shape index (κ1) is 17.4. The summed E-state index contributed by atoms with van der Waals surface area (Å²) in [5, 5.41) is 9.79. The van der Waals surface area contributed by atoms with Crippen LogP contribution in [0.1, 0.15) is 75.7 Å². The van der Waals surface area contributed by atoms with Gasteiger partial charge in [0.25, 0.3) is 0 Å². The molecule has 1 aromatic carbocycles. The van der Waals surface area contributed by atoms with Crippen LogP contribution in [-0.2, 0) is 0 Å². The minimum Gasteiger partial charge on any atom is -0.508 e. The van der Waals surface area contributed by atoms with Crippen LogP contribution < -0.4 is 5.73 Å². The molecule has 0 aromatic heterocycles. The van der Waals surface area contributed by atoms with Crippen LogP contribution in [0.25, 0.3) is 0 Å². The molecule has 1 aromatic rings. The van der Waals surface area contributed by atoms with E-state index in [2.05, 4.69) is 11.0 Å². The van der Waals surface area contributed by atoms with Gasteiger partial charge in [-0.3, -0.25) is 4.90 Å². The van der Waals surface area contributed by atoms with Gasteiger partial charge in [-0.2, -0.15) is 0 Å². The SMILES string of the molecule is NC(CC1CCCCC1)CN1[C@@H]2CC[C@H]1C[C@@H](c1cccc(O)c1)C2. The molecule has 1 aliphatic carbocycles. The predicted octanol–water partition coefficient (Wildman–Crippen LogP) is 4.40. The molecule has 2 bridgehead atoms. The Hall–Kier alpha value is -1.06. The summed E-state index contributed by atoms with van der Waals surface area (Å²) in [6.45, 7) is 1.10. The number of rotatable bonds is 5. The van der Waals surface area contributed by atoms with E-state index in [0.29, 0.717) is 29.8 Å². The maximum atomic E-state index is 9.79. The fraction of sp³-hybridized carbons (Fsp3) is 0.727. The van der Waals surface area contributed by atoms with Gasteiger partial charge in [0.15, 0.2) is 0 Å². The smallest absolute Gasteiger partial charge is 0.115 e. The number of aromatic hydroxyl groups is 1. The lowest BCUT2D eigenvalue weighted by Gasteiger charge is -2.41. The largest absolute Gasteiger partial charge is 0.508 e. The van der Waals surface area contributed by atoms with Crippen LogP contribution in [0.3, 0.4) is 0 Å². The van der Waals surface area contributed by atoms with Crippen molar-refractivity contribution in [1.29, 1.82) is 0 Å². The highest BCUT2D eigenvalue weighted by Crippen LogP contribution is 2.43. The van der Waals surface area contributed by atoms with Gasteiger partial charge in [0.05, 0.1) is 0 Å². The molecule has 25 heavy (non-hydrogen) atoms. The molecule has 3 nitrogen and oxygen atoms in total. The average Bonchev–Trinajstić information content (AvgIpc) is 2.84. The van der Waals surface area contributed by atoms with Crippen molar-refractivity contribution >= 4 is 0 Å². The summed E-state index contributed by atoms with van der Waals surface area (Å²) in [6.07, 6.45) is 13.4. The van der Waals surface area contributed by atoms with Gasteiger partial charge in [0, 0.05) is 24.7 Å². The van der Waals surface area contributed by atoms with Crippen molar-refractivity contribution in [2.24, 2.45) is 11.7 Å². The molecule has 4 rings (SSSR count). The first-order valence-electron chi connectivity index (χ1n) is 10.5. The monoisotopic (exact) mass is 342 g/mol. The third-order valence-corrected chi connectivity index (χ3v) is 7.03. The van der Waals surface area contributed by atoms with Crippen LogP contribution in [0, 0.1) is 5.92 Å². The maximum Gasteiger partial charge on any atom is 0.115 e. The quantitative estimate of drug-likeness (QED) is 0.834. The zero-order chi connectivity index (χ0) is 17.2. The molecule has 1 unspecified atom stereocenters. The molecule has 3 heteroatoms. The number of hydrogen-bond donors (Lipinski definition) is 2. The van der Waals surface area contributed by atoms with Gasteiger partial charge in [-0.1, -0.05) is 44.2 Å². The second kappa shape index (κ2) is 7.67. The minimum absolute atomic E-state index is 0.350. The van der Waals surface area contributed by atoms with E-state index in [0.717, 1.165) is 12.5 Å². The number of fused-ring (bicyclic) bond motifs is 2. The van der Waals surface area contributed by atoms with Gasteiger partial charge in [-0.25, -0.2) is 0 Å². The van der Waals surface area contributed by atoms with Gasteiger partial charge in [-0.15, -0.1) is 0 Å². The van der Waals surface area contributed by atoms with E-state index in [1.165, 1.54) is 69.8 Å². The molecule has 3 fully saturated rings. The molecule has 138 valence electrons. The third-order valence-electron chi connectivity index (χ3n) is 7.03. The number of phenolic OH excluding ortho intramolecular Hbond substituents is 1.